The lowest BCUT2D eigenvalue weighted by molar-refractivity contribution is 0.0938. The van der Waals surface area contributed by atoms with E-state index in [0.717, 1.165) is 39.0 Å². The molecule has 1 aliphatic carbocycles. The van der Waals surface area contributed by atoms with E-state index in [4.69, 9.17) is 0 Å². The summed E-state index contributed by atoms with van der Waals surface area (Å²) in [6.07, 6.45) is 1.80. The molecule has 2 heterocycles. The minimum Gasteiger partial charge on any atom is -0.508 e. The first-order chi connectivity index (χ1) is 17.2. The molecule has 2 aliphatic rings. The number of benzene rings is 2. The molecule has 0 atom stereocenters. The second kappa shape index (κ2) is 10.4. The third-order valence-electron chi connectivity index (χ3n) is 6.82. The van der Waals surface area contributed by atoms with E-state index in [1.165, 1.54) is 16.7 Å². The number of hydrogen-bond donors (Lipinski definition) is 3. The maximum absolute atomic E-state index is 15.4. The minimum absolute atomic E-state index is 0. The number of phenols is 2. The molecule has 9 nitrogen and oxygen atoms in total. The van der Waals surface area contributed by atoms with Gasteiger partial charge < -0.3 is 25.3 Å². The van der Waals surface area contributed by atoms with Crippen molar-refractivity contribution in [3.63, 3.8) is 0 Å². The largest absolute Gasteiger partial charge is 0.508 e. The van der Waals surface area contributed by atoms with Crippen LogP contribution in [0.5, 0.6) is 11.5 Å². The molecule has 3 aromatic rings. The molecular weight excluding hydrogens is 475 g/mol. The van der Waals surface area contributed by atoms with E-state index >= 15 is 4.39 Å². The highest BCUT2D eigenvalue weighted by Crippen LogP contribution is 2.38. The van der Waals surface area contributed by atoms with Crippen molar-refractivity contribution in [1.29, 1.82) is 0 Å². The number of hydrogen-bond acceptors (Lipinski definition) is 7. The van der Waals surface area contributed by atoms with Crippen molar-refractivity contribution in [2.45, 2.75) is 46.1 Å². The van der Waals surface area contributed by atoms with Crippen molar-refractivity contribution in [3.05, 3.63) is 47.5 Å². The van der Waals surface area contributed by atoms with Crippen LogP contribution in [0.3, 0.4) is 0 Å². The molecule has 10 heteroatoms. The van der Waals surface area contributed by atoms with Gasteiger partial charge >= 0.3 is 0 Å². The molecule has 1 saturated heterocycles. The quantitative estimate of drug-likeness (QED) is 0.462. The number of piperazine rings is 1. The number of carbonyl (C=O) groups is 1. The molecule has 5 rings (SSSR count). The van der Waals surface area contributed by atoms with Gasteiger partial charge in [0.2, 0.25) is 5.82 Å². The third kappa shape index (κ3) is 5.24. The Morgan fingerprint density at radius 1 is 1.05 bits per heavy atom. The van der Waals surface area contributed by atoms with Gasteiger partial charge in [-0.2, -0.15) is 0 Å². The van der Waals surface area contributed by atoms with Gasteiger partial charge in [-0.15, -0.1) is 10.2 Å². The molecule has 0 unspecified atom stereocenters. The van der Waals surface area contributed by atoms with Gasteiger partial charge in [0.25, 0.3) is 5.91 Å². The smallest absolute Gasteiger partial charge is 0.289 e. The summed E-state index contributed by atoms with van der Waals surface area (Å²) in [5.41, 5.74) is 1.76. The van der Waals surface area contributed by atoms with E-state index in [0.29, 0.717) is 16.9 Å². The normalized spacial score (nSPS) is 16.1. The van der Waals surface area contributed by atoms with Gasteiger partial charge in [0.05, 0.1) is 16.9 Å². The third-order valence-corrected chi connectivity index (χ3v) is 6.82. The zero-order valence-corrected chi connectivity index (χ0v) is 20.7. The highest BCUT2D eigenvalue weighted by molar-refractivity contribution is 5.92. The molecule has 3 N–H and O–H groups in total. The molecule has 1 amide bonds. The average molecular weight is 511 g/mol. The Bertz CT molecular complexity index is 1300. The van der Waals surface area contributed by atoms with Crippen molar-refractivity contribution in [2.75, 3.05) is 38.1 Å². The maximum Gasteiger partial charge on any atom is 0.289 e. The zero-order valence-electron chi connectivity index (χ0n) is 20.7. The van der Waals surface area contributed by atoms with Gasteiger partial charge in [-0.25, -0.2) is 4.39 Å². The fraction of sp³-hybridized carbons (Fsp3) is 0.444. The molecule has 2 fully saturated rings. The predicted molar refractivity (Wildman–Crippen MR) is 141 cm³/mol. The van der Waals surface area contributed by atoms with Crippen molar-refractivity contribution in [3.8, 4) is 28.6 Å². The van der Waals surface area contributed by atoms with Gasteiger partial charge in [0.1, 0.15) is 17.3 Å². The first kappa shape index (κ1) is 26.4. The lowest BCUT2D eigenvalue weighted by atomic mass is 9.98. The number of nitrogens with zero attached hydrogens (tertiary/aromatic N) is 5. The number of nitrogens with one attached hydrogen (secondary N) is 1. The summed E-state index contributed by atoms with van der Waals surface area (Å²) in [5, 5.41) is 32.3. The molecular formula is C27H35FN6O3. The number of halogens is 1. The highest BCUT2D eigenvalue weighted by Gasteiger charge is 2.29. The van der Waals surface area contributed by atoms with Crippen LogP contribution in [0.4, 0.5) is 10.1 Å². The van der Waals surface area contributed by atoms with Crippen LogP contribution in [0, 0.1) is 5.82 Å². The van der Waals surface area contributed by atoms with Crippen LogP contribution in [0.2, 0.25) is 0 Å². The lowest BCUT2D eigenvalue weighted by Gasteiger charge is -2.34. The zero-order chi connectivity index (χ0) is 25.6. The van der Waals surface area contributed by atoms with Gasteiger partial charge in [-0.05, 0) is 49.6 Å². The van der Waals surface area contributed by atoms with E-state index in [9.17, 15) is 15.0 Å². The Balaban J connectivity index is 0.00000320. The molecule has 1 aromatic heterocycles. The molecule has 198 valence electrons. The maximum atomic E-state index is 15.4. The SMILES string of the molecule is C.CC(C)c1cc(-c2nnc(C(=O)NC3CC3)n2-c2ccc(N3CCN(C)CC3)c(F)c2)c(O)cc1O. The Labute approximate surface area is 216 Å². The standard InChI is InChI=1S/C26H31FN6O3.CH4/c1-15(2)18-13-19(23(35)14-22(18)34)24-29-30-25(26(36)28-16-4-5-16)33(24)17-6-7-21(20(27)12-17)32-10-8-31(3)9-11-32;/h6-7,12-16,34-35H,4-5,8-11H2,1-3H3,(H,28,36);1H4. The van der Waals surface area contributed by atoms with E-state index < -0.39 is 11.7 Å². The number of aromatic hydroxyl groups is 2. The Kier molecular flexibility index (Phi) is 7.40. The topological polar surface area (TPSA) is 107 Å². The second-order valence-electron chi connectivity index (χ2n) is 9.94. The second-order valence-corrected chi connectivity index (χ2v) is 9.94. The van der Waals surface area contributed by atoms with Gasteiger partial charge in [0.15, 0.2) is 5.82 Å². The van der Waals surface area contributed by atoms with E-state index in [1.54, 1.807) is 18.2 Å². The molecule has 2 aromatic carbocycles. The summed E-state index contributed by atoms with van der Waals surface area (Å²) in [7, 11) is 2.04. The molecule has 0 spiro atoms. The highest BCUT2D eigenvalue weighted by atomic mass is 19.1. The molecule has 1 aliphatic heterocycles. The van der Waals surface area contributed by atoms with Crippen LogP contribution < -0.4 is 10.2 Å². The van der Waals surface area contributed by atoms with E-state index in [-0.39, 0.29) is 48.1 Å². The predicted octanol–water partition coefficient (Wildman–Crippen LogP) is 3.89. The van der Waals surface area contributed by atoms with Crippen LogP contribution in [0.25, 0.3) is 17.1 Å². The summed E-state index contributed by atoms with van der Waals surface area (Å²) in [6.45, 7) is 6.97. The number of likely N-dealkylation sites (N-methyl/N-ethyl adjacent to an activating group) is 1. The summed E-state index contributed by atoms with van der Waals surface area (Å²) >= 11 is 0. The first-order valence-corrected chi connectivity index (χ1v) is 12.3. The van der Waals surface area contributed by atoms with Gasteiger partial charge in [-0.3, -0.25) is 9.36 Å². The Morgan fingerprint density at radius 3 is 2.38 bits per heavy atom. The van der Waals surface area contributed by atoms with Crippen molar-refractivity contribution in [1.82, 2.24) is 25.0 Å². The summed E-state index contributed by atoms with van der Waals surface area (Å²) in [4.78, 5) is 17.2. The van der Waals surface area contributed by atoms with Gasteiger partial charge in [0, 0.05) is 44.4 Å². The van der Waals surface area contributed by atoms with Crippen LogP contribution in [-0.2, 0) is 0 Å². The van der Waals surface area contributed by atoms with Gasteiger partial charge in [-0.1, -0.05) is 21.3 Å². The molecule has 0 radical (unpaired) electrons. The molecule has 0 bridgehead atoms. The summed E-state index contributed by atoms with van der Waals surface area (Å²) in [5.74, 6) is -0.922. The molecule has 1 saturated carbocycles. The summed E-state index contributed by atoms with van der Waals surface area (Å²) in [6, 6.07) is 7.79. The fourth-order valence-electron chi connectivity index (χ4n) is 4.50. The van der Waals surface area contributed by atoms with E-state index in [1.807, 2.05) is 25.8 Å². The number of rotatable bonds is 6. The van der Waals surface area contributed by atoms with Crippen LogP contribution in [-0.4, -0.2) is 75.1 Å². The lowest BCUT2D eigenvalue weighted by Crippen LogP contribution is -2.44. The van der Waals surface area contributed by atoms with Crippen molar-refractivity contribution in [2.24, 2.45) is 0 Å². The van der Waals surface area contributed by atoms with Crippen molar-refractivity contribution >= 4 is 11.6 Å². The number of anilines is 1. The fourth-order valence-corrected chi connectivity index (χ4v) is 4.50. The minimum atomic E-state index is -0.415. The Hall–Kier alpha value is -3.66. The van der Waals surface area contributed by atoms with Crippen molar-refractivity contribution < 1.29 is 19.4 Å². The Morgan fingerprint density at radius 2 is 1.76 bits per heavy atom. The average Bonchev–Trinajstić information content (AvgIpc) is 3.54. The number of amides is 1. The van der Waals surface area contributed by atoms with Crippen LogP contribution in [0.1, 0.15) is 56.2 Å². The molecule has 37 heavy (non-hydrogen) atoms. The van der Waals surface area contributed by atoms with Crippen LogP contribution >= 0.6 is 0 Å². The number of carbonyl (C=O) groups excluding carboxylic acids is 1. The number of aromatic nitrogens is 3. The first-order valence-electron chi connectivity index (χ1n) is 12.3. The number of phenolic OH excluding ortho intramolecular Hbond substituents is 2. The van der Waals surface area contributed by atoms with Crippen LogP contribution in [0.15, 0.2) is 30.3 Å². The monoisotopic (exact) mass is 510 g/mol. The summed E-state index contributed by atoms with van der Waals surface area (Å²) < 4.78 is 16.9. The van der Waals surface area contributed by atoms with E-state index in [2.05, 4.69) is 20.4 Å².